The first kappa shape index (κ1) is 21.9. The molecule has 0 aromatic heterocycles. The molecule has 3 unspecified atom stereocenters. The van der Waals surface area contributed by atoms with Crippen molar-refractivity contribution in [3.63, 3.8) is 0 Å². The van der Waals surface area contributed by atoms with Crippen LogP contribution in [0.25, 0.3) is 0 Å². The van der Waals surface area contributed by atoms with E-state index in [2.05, 4.69) is 10.2 Å². The number of carbonyl (C=O) groups is 2. The molecule has 0 radical (unpaired) electrons. The number of nitrogens with zero attached hydrogens (tertiary/aromatic N) is 3. The van der Waals surface area contributed by atoms with Crippen LogP contribution >= 0.6 is 0 Å². The van der Waals surface area contributed by atoms with Crippen molar-refractivity contribution in [2.75, 3.05) is 45.9 Å². The molecule has 170 valence electrons. The van der Waals surface area contributed by atoms with Crippen LogP contribution in [-0.2, 0) is 15.7 Å². The zero-order chi connectivity index (χ0) is 22.2. The Morgan fingerprint density at radius 3 is 2.42 bits per heavy atom. The van der Waals surface area contributed by atoms with Crippen LogP contribution in [0.1, 0.15) is 30.5 Å². The highest BCUT2D eigenvalue weighted by molar-refractivity contribution is 5.79. The Hall–Kier alpha value is -2.33. The second kappa shape index (κ2) is 8.66. The maximum Gasteiger partial charge on any atom is 0.416 e. The van der Waals surface area contributed by atoms with E-state index in [0.717, 1.165) is 17.7 Å². The van der Waals surface area contributed by atoms with Gasteiger partial charge in [0.2, 0.25) is 5.91 Å². The van der Waals surface area contributed by atoms with Gasteiger partial charge in [-0.1, -0.05) is 12.1 Å². The molecule has 1 aromatic rings. The monoisotopic (exact) mass is 440 g/mol. The molecule has 10 heteroatoms. The van der Waals surface area contributed by atoms with Gasteiger partial charge < -0.3 is 19.9 Å². The van der Waals surface area contributed by atoms with Crippen molar-refractivity contribution in [2.24, 2.45) is 0 Å². The van der Waals surface area contributed by atoms with Crippen molar-refractivity contribution >= 4 is 11.9 Å². The second-order valence-corrected chi connectivity index (χ2v) is 8.36. The minimum Gasteiger partial charge on any atom is -0.366 e. The average molecular weight is 440 g/mol. The molecule has 3 amide bonds. The Balaban J connectivity index is 1.30. The summed E-state index contributed by atoms with van der Waals surface area (Å²) in [4.78, 5) is 30.3. The van der Waals surface area contributed by atoms with Gasteiger partial charge in [0.1, 0.15) is 6.61 Å². The van der Waals surface area contributed by atoms with E-state index in [1.165, 1.54) is 12.1 Å². The molecule has 3 aliphatic rings. The summed E-state index contributed by atoms with van der Waals surface area (Å²) in [6.07, 6.45) is -3.68. The van der Waals surface area contributed by atoms with E-state index in [1.54, 1.807) is 4.90 Å². The van der Waals surface area contributed by atoms with Crippen LogP contribution in [0.4, 0.5) is 18.0 Å². The van der Waals surface area contributed by atoms with E-state index in [4.69, 9.17) is 4.74 Å². The normalized spacial score (nSPS) is 26.3. The summed E-state index contributed by atoms with van der Waals surface area (Å²) in [5.41, 5.74) is 0.171. The summed E-state index contributed by atoms with van der Waals surface area (Å²) in [6.45, 7) is 5.48. The van der Waals surface area contributed by atoms with Gasteiger partial charge in [0, 0.05) is 45.3 Å². The minimum atomic E-state index is -4.34. The number of amides is 3. The van der Waals surface area contributed by atoms with E-state index < -0.39 is 11.7 Å². The number of hydrogen-bond acceptors (Lipinski definition) is 4. The summed E-state index contributed by atoms with van der Waals surface area (Å²) in [5.74, 6) is -0.151. The molecule has 3 saturated heterocycles. The number of likely N-dealkylation sites (tertiary alicyclic amines) is 1. The Morgan fingerprint density at radius 1 is 1.10 bits per heavy atom. The molecule has 0 bridgehead atoms. The van der Waals surface area contributed by atoms with Gasteiger partial charge in [0.15, 0.2) is 0 Å². The molecule has 1 N–H and O–H groups in total. The summed E-state index contributed by atoms with van der Waals surface area (Å²) in [5, 5.41) is 2.90. The Kier molecular flexibility index (Phi) is 6.11. The van der Waals surface area contributed by atoms with Crippen molar-refractivity contribution in [1.29, 1.82) is 0 Å². The lowest BCUT2D eigenvalue weighted by molar-refractivity contribution is -0.140. The number of ether oxygens (including phenoxy) is 1. The van der Waals surface area contributed by atoms with E-state index in [1.807, 2.05) is 11.8 Å². The third-order valence-corrected chi connectivity index (χ3v) is 6.45. The fourth-order valence-electron chi connectivity index (χ4n) is 4.54. The number of piperazine rings is 1. The molecular weight excluding hydrogens is 413 g/mol. The van der Waals surface area contributed by atoms with Gasteiger partial charge in [-0.2, -0.15) is 13.2 Å². The Morgan fingerprint density at radius 2 is 1.77 bits per heavy atom. The molecule has 0 spiro atoms. The first-order valence-corrected chi connectivity index (χ1v) is 10.6. The number of rotatable bonds is 2. The van der Waals surface area contributed by atoms with E-state index >= 15 is 0 Å². The molecule has 1 aromatic carbocycles. The zero-order valence-corrected chi connectivity index (χ0v) is 17.4. The third-order valence-electron chi connectivity index (χ3n) is 6.45. The Labute approximate surface area is 179 Å². The smallest absolute Gasteiger partial charge is 0.366 e. The van der Waals surface area contributed by atoms with Crippen molar-refractivity contribution in [3.05, 3.63) is 35.4 Å². The van der Waals surface area contributed by atoms with Gasteiger partial charge in [-0.05, 0) is 31.0 Å². The molecule has 3 heterocycles. The number of fused-ring (bicyclic) bond motifs is 1. The van der Waals surface area contributed by atoms with Gasteiger partial charge in [-0.3, -0.25) is 9.69 Å². The molecule has 0 aliphatic carbocycles. The van der Waals surface area contributed by atoms with Crippen LogP contribution in [0.5, 0.6) is 0 Å². The number of piperidine rings is 1. The van der Waals surface area contributed by atoms with Crippen LogP contribution < -0.4 is 5.32 Å². The van der Waals surface area contributed by atoms with Crippen LogP contribution in [-0.4, -0.2) is 84.7 Å². The molecule has 31 heavy (non-hydrogen) atoms. The largest absolute Gasteiger partial charge is 0.416 e. The Bertz CT molecular complexity index is 809. The predicted molar refractivity (Wildman–Crippen MR) is 106 cm³/mol. The number of carbonyl (C=O) groups excluding carboxylic acids is 2. The lowest BCUT2D eigenvalue weighted by Crippen LogP contribution is -2.63. The van der Waals surface area contributed by atoms with Gasteiger partial charge in [-0.25, -0.2) is 4.79 Å². The van der Waals surface area contributed by atoms with Crippen molar-refractivity contribution in [3.8, 4) is 0 Å². The van der Waals surface area contributed by atoms with Crippen molar-refractivity contribution < 1.29 is 27.5 Å². The summed E-state index contributed by atoms with van der Waals surface area (Å²) in [6, 6.07) is 5.03. The standard InChI is InChI=1S/C21H27F3N4O3/c1-14(15-2-4-16(5-3-15)21(22,23)24)26-8-10-27(11-9-26)20(30)28-7-6-18-17(12-28)25-19(29)13-31-18/h2-5,14,17-18H,6-13H2,1H3,(H,25,29). The average Bonchev–Trinajstić information content (AvgIpc) is 2.77. The quantitative estimate of drug-likeness (QED) is 0.765. The molecule has 3 atom stereocenters. The van der Waals surface area contributed by atoms with Gasteiger partial charge >= 0.3 is 12.2 Å². The first-order valence-electron chi connectivity index (χ1n) is 10.6. The number of urea groups is 1. The fourth-order valence-corrected chi connectivity index (χ4v) is 4.54. The molecule has 3 fully saturated rings. The van der Waals surface area contributed by atoms with Crippen LogP contribution in [0.2, 0.25) is 0 Å². The number of alkyl halides is 3. The molecule has 4 rings (SSSR count). The van der Waals surface area contributed by atoms with Crippen molar-refractivity contribution in [2.45, 2.75) is 37.7 Å². The van der Waals surface area contributed by atoms with Gasteiger partial charge in [-0.15, -0.1) is 0 Å². The van der Waals surface area contributed by atoms with Gasteiger partial charge in [0.05, 0.1) is 17.7 Å². The zero-order valence-electron chi connectivity index (χ0n) is 17.4. The van der Waals surface area contributed by atoms with Gasteiger partial charge in [0.25, 0.3) is 0 Å². The SMILES string of the molecule is CC(c1ccc(C(F)(F)F)cc1)N1CCN(C(=O)N2CCC3OCC(=O)NC3C2)CC1. The van der Waals surface area contributed by atoms with Crippen LogP contribution in [0, 0.1) is 0 Å². The van der Waals surface area contributed by atoms with Crippen molar-refractivity contribution in [1.82, 2.24) is 20.0 Å². The highest BCUT2D eigenvalue weighted by Crippen LogP contribution is 2.31. The number of nitrogens with one attached hydrogen (secondary N) is 1. The van der Waals surface area contributed by atoms with E-state index in [-0.39, 0.29) is 36.7 Å². The first-order chi connectivity index (χ1) is 14.7. The highest BCUT2D eigenvalue weighted by Gasteiger charge is 2.38. The summed E-state index contributed by atoms with van der Waals surface area (Å²) < 4.78 is 43.9. The minimum absolute atomic E-state index is 0.0371. The maximum absolute atomic E-state index is 13.0. The maximum atomic E-state index is 13.0. The number of morpholine rings is 1. The highest BCUT2D eigenvalue weighted by atomic mass is 19.4. The topological polar surface area (TPSA) is 65.1 Å². The number of halogens is 3. The number of benzene rings is 1. The third kappa shape index (κ3) is 4.79. The summed E-state index contributed by atoms with van der Waals surface area (Å²) >= 11 is 0. The lowest BCUT2D eigenvalue weighted by Gasteiger charge is -2.44. The van der Waals surface area contributed by atoms with E-state index in [0.29, 0.717) is 45.7 Å². The summed E-state index contributed by atoms with van der Waals surface area (Å²) in [7, 11) is 0. The second-order valence-electron chi connectivity index (χ2n) is 8.36. The molecule has 0 saturated carbocycles. The van der Waals surface area contributed by atoms with Crippen LogP contribution in [0.3, 0.4) is 0 Å². The molecule has 7 nitrogen and oxygen atoms in total. The van der Waals surface area contributed by atoms with E-state index in [9.17, 15) is 22.8 Å². The lowest BCUT2D eigenvalue weighted by atomic mass is 10.0. The molecular formula is C21H27F3N4O3. The fraction of sp³-hybridized carbons (Fsp3) is 0.619. The molecule has 3 aliphatic heterocycles. The number of hydrogen-bond donors (Lipinski definition) is 1. The predicted octanol–water partition coefficient (Wildman–Crippen LogP) is 2.09. The van der Waals surface area contributed by atoms with Crippen LogP contribution in [0.15, 0.2) is 24.3 Å².